The van der Waals surface area contributed by atoms with Gasteiger partial charge in [0, 0.05) is 12.6 Å². The van der Waals surface area contributed by atoms with Crippen molar-refractivity contribution in [1.29, 1.82) is 0 Å². The zero-order valence-corrected chi connectivity index (χ0v) is 15.9. The molecule has 0 atom stereocenters. The molecular weight excluding hydrogens is 340 g/mol. The number of ether oxygens (including phenoxy) is 1. The molecule has 6 nitrogen and oxygen atoms in total. The Balaban J connectivity index is 1.68. The molecule has 0 fully saturated rings. The fourth-order valence-corrected chi connectivity index (χ4v) is 3.22. The van der Waals surface area contributed by atoms with Gasteiger partial charge in [0.1, 0.15) is 17.5 Å². The summed E-state index contributed by atoms with van der Waals surface area (Å²) in [6, 6.07) is 9.07. The maximum atomic E-state index is 11.9. The van der Waals surface area contributed by atoms with E-state index in [1.54, 1.807) is 12.1 Å². The Labute approximate surface area is 160 Å². The lowest BCUT2D eigenvalue weighted by Gasteiger charge is -2.14. The van der Waals surface area contributed by atoms with E-state index in [-0.39, 0.29) is 5.97 Å². The molecule has 3 rings (SSSR count). The number of aromatic nitrogens is 2. The van der Waals surface area contributed by atoms with Crippen LogP contribution >= 0.6 is 0 Å². The van der Waals surface area contributed by atoms with Crippen LogP contribution in [0, 0.1) is 6.92 Å². The van der Waals surface area contributed by atoms with Gasteiger partial charge in [-0.15, -0.1) is 0 Å². The lowest BCUT2D eigenvalue weighted by Crippen LogP contribution is -2.09. The van der Waals surface area contributed by atoms with Crippen molar-refractivity contribution in [3.05, 3.63) is 53.4 Å². The number of allylic oxidation sites excluding steroid dienone is 1. The Kier molecular flexibility index (Phi) is 6.41. The van der Waals surface area contributed by atoms with Gasteiger partial charge >= 0.3 is 5.97 Å². The van der Waals surface area contributed by atoms with Crippen molar-refractivity contribution < 1.29 is 9.53 Å². The number of carbonyl (C=O) groups excluding carboxylic acids is 1. The second kappa shape index (κ2) is 9.16. The number of para-hydroxylation sites is 1. The van der Waals surface area contributed by atoms with Gasteiger partial charge in [0.15, 0.2) is 0 Å². The molecule has 1 aromatic heterocycles. The molecule has 1 heterocycles. The summed E-state index contributed by atoms with van der Waals surface area (Å²) in [4.78, 5) is 20.8. The lowest BCUT2D eigenvalue weighted by atomic mass is 9.97. The molecule has 1 aliphatic rings. The van der Waals surface area contributed by atoms with Crippen molar-refractivity contribution in [2.24, 2.45) is 0 Å². The molecule has 0 radical (unpaired) electrons. The average Bonchev–Trinajstić information content (AvgIpc) is 2.68. The number of carbonyl (C=O) groups is 1. The van der Waals surface area contributed by atoms with Crippen LogP contribution in [0.4, 0.5) is 17.3 Å². The molecule has 6 heteroatoms. The van der Waals surface area contributed by atoms with Gasteiger partial charge in [0.25, 0.3) is 0 Å². The van der Waals surface area contributed by atoms with E-state index in [4.69, 9.17) is 4.74 Å². The summed E-state index contributed by atoms with van der Waals surface area (Å²) in [5, 5.41) is 6.59. The first-order valence-electron chi connectivity index (χ1n) is 9.37. The number of nitrogens with zero attached hydrogens (tertiary/aromatic N) is 2. The van der Waals surface area contributed by atoms with Gasteiger partial charge in [-0.1, -0.05) is 23.8 Å². The van der Waals surface area contributed by atoms with Crippen LogP contribution in [0.5, 0.6) is 0 Å². The zero-order chi connectivity index (χ0) is 19.1. The quantitative estimate of drug-likeness (QED) is 0.550. The molecule has 0 spiro atoms. The van der Waals surface area contributed by atoms with Gasteiger partial charge in [-0.2, -0.15) is 0 Å². The second-order valence-corrected chi connectivity index (χ2v) is 6.63. The van der Waals surface area contributed by atoms with E-state index in [2.05, 4.69) is 26.7 Å². The number of hydrogen-bond acceptors (Lipinski definition) is 6. The predicted octanol–water partition coefficient (Wildman–Crippen LogP) is 4.62. The van der Waals surface area contributed by atoms with E-state index in [9.17, 15) is 4.79 Å². The van der Waals surface area contributed by atoms with Crippen LogP contribution in [0.15, 0.2) is 42.0 Å². The molecule has 2 aromatic rings. The van der Waals surface area contributed by atoms with Crippen LogP contribution in [-0.2, 0) is 4.74 Å². The Morgan fingerprint density at radius 1 is 1.19 bits per heavy atom. The number of aryl methyl sites for hydroxylation is 1. The van der Waals surface area contributed by atoms with E-state index in [1.807, 2.05) is 25.1 Å². The van der Waals surface area contributed by atoms with E-state index in [1.165, 1.54) is 38.4 Å². The van der Waals surface area contributed by atoms with Crippen molar-refractivity contribution >= 4 is 23.3 Å². The Morgan fingerprint density at radius 3 is 2.78 bits per heavy atom. The van der Waals surface area contributed by atoms with E-state index < -0.39 is 0 Å². The summed E-state index contributed by atoms with van der Waals surface area (Å²) in [6.45, 7) is 2.70. The van der Waals surface area contributed by atoms with Gasteiger partial charge in [-0.05, 0) is 51.2 Å². The number of rotatable bonds is 7. The highest BCUT2D eigenvalue weighted by Crippen LogP contribution is 2.23. The summed E-state index contributed by atoms with van der Waals surface area (Å²) in [7, 11) is 1.37. The standard InChI is InChI=1S/C21H26N4O2/c1-15-23-19(22-13-12-16-8-4-3-5-9-16)14-20(24-15)25-18-11-7-6-10-17(18)21(26)27-2/h6-8,10-11,14H,3-5,9,12-13H2,1-2H3,(H2,22,23,24,25). The SMILES string of the molecule is COC(=O)c1ccccc1Nc1cc(NCCC2=CCCCC2)nc(C)n1. The normalized spacial score (nSPS) is 13.6. The van der Waals surface area contributed by atoms with Gasteiger partial charge in [0.2, 0.25) is 0 Å². The highest BCUT2D eigenvalue weighted by molar-refractivity contribution is 5.96. The molecule has 1 aliphatic carbocycles. The van der Waals surface area contributed by atoms with Crippen molar-refractivity contribution in [1.82, 2.24) is 9.97 Å². The fraction of sp³-hybridized carbons (Fsp3) is 0.381. The molecule has 0 aliphatic heterocycles. The fourth-order valence-electron chi connectivity index (χ4n) is 3.22. The highest BCUT2D eigenvalue weighted by Gasteiger charge is 2.12. The number of esters is 1. The largest absolute Gasteiger partial charge is 0.465 e. The zero-order valence-electron chi connectivity index (χ0n) is 15.9. The van der Waals surface area contributed by atoms with Crippen LogP contribution in [0.3, 0.4) is 0 Å². The van der Waals surface area contributed by atoms with E-state index in [0.29, 0.717) is 22.9 Å². The number of methoxy groups -OCH3 is 1. The van der Waals surface area contributed by atoms with E-state index in [0.717, 1.165) is 18.8 Å². The third-order valence-electron chi connectivity index (χ3n) is 4.57. The first-order chi connectivity index (χ1) is 13.2. The van der Waals surface area contributed by atoms with Gasteiger partial charge in [-0.3, -0.25) is 0 Å². The first-order valence-corrected chi connectivity index (χ1v) is 9.37. The molecule has 0 amide bonds. The van der Waals surface area contributed by atoms with Gasteiger partial charge in [-0.25, -0.2) is 14.8 Å². The minimum Gasteiger partial charge on any atom is -0.465 e. The third kappa shape index (κ3) is 5.29. The van der Waals surface area contributed by atoms with Crippen molar-refractivity contribution in [2.75, 3.05) is 24.3 Å². The molecular formula is C21H26N4O2. The smallest absolute Gasteiger partial charge is 0.339 e. The monoisotopic (exact) mass is 366 g/mol. The predicted molar refractivity (Wildman–Crippen MR) is 107 cm³/mol. The topological polar surface area (TPSA) is 76.1 Å². The molecule has 0 saturated carbocycles. The van der Waals surface area contributed by atoms with Crippen LogP contribution < -0.4 is 10.6 Å². The molecule has 0 unspecified atom stereocenters. The minimum atomic E-state index is -0.386. The van der Waals surface area contributed by atoms with Crippen LogP contribution in [0.1, 0.15) is 48.3 Å². The molecule has 142 valence electrons. The van der Waals surface area contributed by atoms with Gasteiger partial charge in [0.05, 0.1) is 18.4 Å². The number of nitrogens with one attached hydrogen (secondary N) is 2. The molecule has 2 N–H and O–H groups in total. The van der Waals surface area contributed by atoms with Crippen LogP contribution in [0.2, 0.25) is 0 Å². The average molecular weight is 366 g/mol. The second-order valence-electron chi connectivity index (χ2n) is 6.63. The van der Waals surface area contributed by atoms with Crippen molar-refractivity contribution in [3.63, 3.8) is 0 Å². The molecule has 0 bridgehead atoms. The van der Waals surface area contributed by atoms with E-state index >= 15 is 0 Å². The number of benzene rings is 1. The maximum absolute atomic E-state index is 11.9. The summed E-state index contributed by atoms with van der Waals surface area (Å²) in [5.74, 6) is 1.69. The lowest BCUT2D eigenvalue weighted by molar-refractivity contribution is 0.0602. The minimum absolute atomic E-state index is 0.386. The van der Waals surface area contributed by atoms with Crippen molar-refractivity contribution in [2.45, 2.75) is 39.0 Å². The Morgan fingerprint density at radius 2 is 2.00 bits per heavy atom. The summed E-state index contributed by atoms with van der Waals surface area (Å²) >= 11 is 0. The Hall–Kier alpha value is -2.89. The highest BCUT2D eigenvalue weighted by atomic mass is 16.5. The summed E-state index contributed by atoms with van der Waals surface area (Å²) < 4.78 is 4.84. The molecule has 27 heavy (non-hydrogen) atoms. The molecule has 1 aromatic carbocycles. The van der Waals surface area contributed by atoms with Gasteiger partial charge < -0.3 is 15.4 Å². The first kappa shape index (κ1) is 18.9. The maximum Gasteiger partial charge on any atom is 0.339 e. The van der Waals surface area contributed by atoms with Crippen molar-refractivity contribution in [3.8, 4) is 0 Å². The molecule has 0 saturated heterocycles. The van der Waals surface area contributed by atoms with Crippen LogP contribution in [0.25, 0.3) is 0 Å². The number of hydrogen-bond donors (Lipinski definition) is 2. The summed E-state index contributed by atoms with van der Waals surface area (Å²) in [6.07, 6.45) is 8.43. The summed E-state index contributed by atoms with van der Waals surface area (Å²) in [5.41, 5.74) is 2.65. The third-order valence-corrected chi connectivity index (χ3v) is 4.57. The van der Waals surface area contributed by atoms with Crippen LogP contribution in [-0.4, -0.2) is 29.6 Å². The number of anilines is 3. The Bertz CT molecular complexity index is 833.